The second-order valence-corrected chi connectivity index (χ2v) is 7.81. The SMILES string of the molecule is Cc1cccc(OCCn2c(C(C)Oc3ccc(Cl)cc3)nc3ccccc32)c1C. The molecule has 0 amide bonds. The van der Waals surface area contributed by atoms with Gasteiger partial charge in [-0.15, -0.1) is 0 Å². The van der Waals surface area contributed by atoms with Crippen LogP contribution in [-0.4, -0.2) is 16.2 Å². The van der Waals surface area contributed by atoms with E-state index in [0.29, 0.717) is 18.2 Å². The second-order valence-electron chi connectivity index (χ2n) is 7.37. The third-order valence-electron chi connectivity index (χ3n) is 5.30. The van der Waals surface area contributed by atoms with Crippen LogP contribution in [0.15, 0.2) is 66.7 Å². The lowest BCUT2D eigenvalue weighted by Gasteiger charge is -2.17. The molecule has 1 unspecified atom stereocenters. The van der Waals surface area contributed by atoms with Gasteiger partial charge in [-0.1, -0.05) is 35.9 Å². The van der Waals surface area contributed by atoms with E-state index in [0.717, 1.165) is 28.4 Å². The van der Waals surface area contributed by atoms with Gasteiger partial charge in [0.1, 0.15) is 18.1 Å². The number of hydrogen-bond acceptors (Lipinski definition) is 3. The van der Waals surface area contributed by atoms with Crippen LogP contribution in [0, 0.1) is 13.8 Å². The van der Waals surface area contributed by atoms with Crippen LogP contribution in [0.5, 0.6) is 11.5 Å². The fraction of sp³-hybridized carbons (Fsp3) is 0.240. The lowest BCUT2D eigenvalue weighted by Crippen LogP contribution is -2.16. The predicted molar refractivity (Wildman–Crippen MR) is 122 cm³/mol. The standard InChI is InChI=1S/C25H25ClN2O2/c1-17-7-6-10-24(18(17)2)29-16-15-28-23-9-5-4-8-22(23)27-25(28)19(3)30-21-13-11-20(26)12-14-21/h4-14,19H,15-16H2,1-3H3. The molecule has 5 heteroatoms. The molecule has 4 nitrogen and oxygen atoms in total. The van der Waals surface area contributed by atoms with Crippen LogP contribution in [0.1, 0.15) is 30.0 Å². The molecule has 0 aliphatic carbocycles. The Morgan fingerprint density at radius 1 is 0.967 bits per heavy atom. The molecule has 0 fully saturated rings. The lowest BCUT2D eigenvalue weighted by atomic mass is 10.1. The Morgan fingerprint density at radius 2 is 1.73 bits per heavy atom. The summed E-state index contributed by atoms with van der Waals surface area (Å²) in [5.74, 6) is 2.55. The van der Waals surface area contributed by atoms with Crippen molar-refractivity contribution in [3.05, 3.63) is 88.7 Å². The van der Waals surface area contributed by atoms with Crippen LogP contribution in [0.25, 0.3) is 11.0 Å². The number of aromatic nitrogens is 2. The highest BCUT2D eigenvalue weighted by Gasteiger charge is 2.18. The molecule has 0 saturated heterocycles. The molecule has 0 N–H and O–H groups in total. The van der Waals surface area contributed by atoms with Crippen LogP contribution in [-0.2, 0) is 6.54 Å². The first kappa shape index (κ1) is 20.3. The fourth-order valence-corrected chi connectivity index (χ4v) is 3.66. The molecular formula is C25H25ClN2O2. The van der Waals surface area contributed by atoms with Crippen LogP contribution in [0.2, 0.25) is 5.02 Å². The highest BCUT2D eigenvalue weighted by atomic mass is 35.5. The molecule has 4 aromatic rings. The largest absolute Gasteiger partial charge is 0.491 e. The van der Waals surface area contributed by atoms with Gasteiger partial charge < -0.3 is 14.0 Å². The van der Waals surface area contributed by atoms with Gasteiger partial charge in [0.05, 0.1) is 17.6 Å². The third kappa shape index (κ3) is 4.29. The topological polar surface area (TPSA) is 36.3 Å². The van der Waals surface area contributed by atoms with Gasteiger partial charge >= 0.3 is 0 Å². The zero-order chi connectivity index (χ0) is 21.1. The zero-order valence-electron chi connectivity index (χ0n) is 17.4. The first-order valence-corrected chi connectivity index (χ1v) is 10.5. The Balaban J connectivity index is 1.56. The van der Waals surface area contributed by atoms with Crippen LogP contribution in [0.3, 0.4) is 0 Å². The molecule has 0 aliphatic heterocycles. The molecule has 30 heavy (non-hydrogen) atoms. The Labute approximate surface area is 182 Å². The summed E-state index contributed by atoms with van der Waals surface area (Å²) in [7, 11) is 0. The Bertz CT molecular complexity index is 1150. The monoisotopic (exact) mass is 420 g/mol. The quantitative estimate of drug-likeness (QED) is 0.341. The molecule has 0 spiro atoms. The van der Waals surface area contributed by atoms with Crippen LogP contribution >= 0.6 is 11.6 Å². The van der Waals surface area contributed by atoms with E-state index in [-0.39, 0.29) is 6.10 Å². The van der Waals surface area contributed by atoms with Gasteiger partial charge in [-0.3, -0.25) is 0 Å². The maximum Gasteiger partial charge on any atom is 0.153 e. The van der Waals surface area contributed by atoms with Gasteiger partial charge in [-0.2, -0.15) is 0 Å². The Hall–Kier alpha value is -2.98. The summed E-state index contributed by atoms with van der Waals surface area (Å²) >= 11 is 5.99. The van der Waals surface area contributed by atoms with Crippen molar-refractivity contribution in [1.82, 2.24) is 9.55 Å². The average Bonchev–Trinajstić information content (AvgIpc) is 3.12. The van der Waals surface area contributed by atoms with Crippen molar-refractivity contribution in [3.8, 4) is 11.5 Å². The van der Waals surface area contributed by atoms with Crippen LogP contribution in [0.4, 0.5) is 0 Å². The third-order valence-corrected chi connectivity index (χ3v) is 5.55. The molecule has 0 bridgehead atoms. The highest BCUT2D eigenvalue weighted by molar-refractivity contribution is 6.30. The lowest BCUT2D eigenvalue weighted by molar-refractivity contribution is 0.207. The van der Waals surface area contributed by atoms with Gasteiger partial charge in [0.15, 0.2) is 11.9 Å². The zero-order valence-corrected chi connectivity index (χ0v) is 18.2. The van der Waals surface area contributed by atoms with E-state index in [1.165, 1.54) is 11.1 Å². The molecule has 0 aliphatic rings. The minimum Gasteiger partial charge on any atom is -0.491 e. The predicted octanol–water partition coefficient (Wildman–Crippen LogP) is 6.53. The molecule has 4 rings (SSSR count). The number of benzene rings is 3. The molecule has 1 heterocycles. The highest BCUT2D eigenvalue weighted by Crippen LogP contribution is 2.26. The summed E-state index contributed by atoms with van der Waals surface area (Å²) in [5.41, 5.74) is 4.42. The number of rotatable bonds is 7. The molecular weight excluding hydrogens is 396 g/mol. The van der Waals surface area contributed by atoms with E-state index in [9.17, 15) is 0 Å². The smallest absolute Gasteiger partial charge is 0.153 e. The van der Waals surface area contributed by atoms with Gasteiger partial charge in [0, 0.05) is 5.02 Å². The molecule has 0 saturated carbocycles. The van der Waals surface area contributed by atoms with Crippen molar-refractivity contribution >= 4 is 22.6 Å². The minimum absolute atomic E-state index is 0.223. The average molecular weight is 421 g/mol. The number of halogens is 1. The first-order valence-electron chi connectivity index (χ1n) is 10.1. The number of aryl methyl sites for hydroxylation is 1. The fourth-order valence-electron chi connectivity index (χ4n) is 3.54. The van der Waals surface area contributed by atoms with Gasteiger partial charge in [-0.05, 0) is 74.4 Å². The molecule has 1 atom stereocenters. The molecule has 1 aromatic heterocycles. The summed E-state index contributed by atoms with van der Waals surface area (Å²) in [6.07, 6.45) is -0.223. The van der Waals surface area contributed by atoms with Gasteiger partial charge in [0.2, 0.25) is 0 Å². The van der Waals surface area contributed by atoms with Crippen molar-refractivity contribution < 1.29 is 9.47 Å². The summed E-state index contributed by atoms with van der Waals surface area (Å²) in [4.78, 5) is 4.84. The van der Waals surface area contributed by atoms with E-state index < -0.39 is 0 Å². The minimum atomic E-state index is -0.223. The van der Waals surface area contributed by atoms with Crippen molar-refractivity contribution in [3.63, 3.8) is 0 Å². The van der Waals surface area contributed by atoms with E-state index in [4.69, 9.17) is 26.1 Å². The molecule has 154 valence electrons. The first-order chi connectivity index (χ1) is 14.5. The molecule has 0 radical (unpaired) electrons. The van der Waals surface area contributed by atoms with E-state index in [1.807, 2.05) is 61.5 Å². The van der Waals surface area contributed by atoms with Crippen molar-refractivity contribution in [2.75, 3.05) is 6.61 Å². The Kier molecular flexibility index (Phi) is 5.96. The van der Waals surface area contributed by atoms with Crippen molar-refractivity contribution in [1.29, 1.82) is 0 Å². The summed E-state index contributed by atoms with van der Waals surface area (Å²) in [6.45, 7) is 7.42. The van der Waals surface area contributed by atoms with E-state index in [1.54, 1.807) is 0 Å². The van der Waals surface area contributed by atoms with E-state index in [2.05, 4.69) is 30.5 Å². The number of fused-ring (bicyclic) bond motifs is 1. The van der Waals surface area contributed by atoms with Crippen LogP contribution < -0.4 is 9.47 Å². The van der Waals surface area contributed by atoms with E-state index >= 15 is 0 Å². The molecule has 3 aromatic carbocycles. The summed E-state index contributed by atoms with van der Waals surface area (Å²) in [6, 6.07) is 21.7. The van der Waals surface area contributed by atoms with Gasteiger partial charge in [-0.25, -0.2) is 4.98 Å². The number of ether oxygens (including phenoxy) is 2. The van der Waals surface area contributed by atoms with Crippen molar-refractivity contribution in [2.45, 2.75) is 33.4 Å². The Morgan fingerprint density at radius 3 is 2.53 bits per heavy atom. The maximum absolute atomic E-state index is 6.14. The summed E-state index contributed by atoms with van der Waals surface area (Å²) < 4.78 is 14.4. The normalized spacial score (nSPS) is 12.1. The van der Waals surface area contributed by atoms with Crippen molar-refractivity contribution in [2.24, 2.45) is 0 Å². The maximum atomic E-state index is 6.14. The number of imidazole rings is 1. The number of hydrogen-bond donors (Lipinski definition) is 0. The second kappa shape index (κ2) is 8.80. The summed E-state index contributed by atoms with van der Waals surface area (Å²) in [5, 5.41) is 0.686. The number of para-hydroxylation sites is 2. The van der Waals surface area contributed by atoms with Gasteiger partial charge in [0.25, 0.3) is 0 Å². The number of nitrogens with zero attached hydrogens (tertiary/aromatic N) is 2.